The lowest BCUT2D eigenvalue weighted by molar-refractivity contribution is -0.115. The van der Waals surface area contributed by atoms with Gasteiger partial charge in [-0.25, -0.2) is 9.37 Å². The molecule has 2 heterocycles. The van der Waals surface area contributed by atoms with Gasteiger partial charge < -0.3 is 15.5 Å². The van der Waals surface area contributed by atoms with Crippen LogP contribution in [0.1, 0.15) is 30.4 Å². The maximum atomic E-state index is 14.6. The number of aromatic nitrogens is 1. The first-order chi connectivity index (χ1) is 14.8. The fourth-order valence-corrected chi connectivity index (χ4v) is 4.52. The molecule has 1 aliphatic heterocycles. The van der Waals surface area contributed by atoms with E-state index in [-0.39, 0.29) is 18.1 Å². The molecule has 0 fully saturated rings. The van der Waals surface area contributed by atoms with Crippen molar-refractivity contribution < 1.29 is 13.6 Å². The molecular weight excluding hydrogens is 415 g/mol. The van der Waals surface area contributed by atoms with E-state index in [1.165, 1.54) is 23.9 Å². The molecule has 3 N–H and O–H groups in total. The number of benzene rings is 2. The molecule has 0 radical (unpaired) electrons. The van der Waals surface area contributed by atoms with E-state index in [1.807, 2.05) is 37.3 Å². The van der Waals surface area contributed by atoms with Crippen molar-refractivity contribution in [3.8, 4) is 11.5 Å². The smallest absolute Gasteiger partial charge is 0.230 e. The zero-order valence-corrected chi connectivity index (χ0v) is 18.1. The number of hydrogen-bond donors (Lipinski definition) is 2. The highest BCUT2D eigenvalue weighted by atomic mass is 32.2. The average Bonchev–Trinajstić information content (AvgIpc) is 3.10. The van der Waals surface area contributed by atoms with Crippen molar-refractivity contribution in [2.24, 2.45) is 10.7 Å². The summed E-state index contributed by atoms with van der Waals surface area (Å²) in [5.41, 5.74) is 7.43. The second kappa shape index (κ2) is 8.55. The Hall–Kier alpha value is -3.13. The summed E-state index contributed by atoms with van der Waals surface area (Å²) in [4.78, 5) is 21.6. The summed E-state index contributed by atoms with van der Waals surface area (Å²) in [5, 5.41) is 3.27. The predicted octanol–water partition coefficient (Wildman–Crippen LogP) is 4.64. The Kier molecular flexibility index (Phi) is 5.82. The molecule has 31 heavy (non-hydrogen) atoms. The third-order valence-corrected chi connectivity index (χ3v) is 6.06. The summed E-state index contributed by atoms with van der Waals surface area (Å²) in [6.45, 7) is 3.63. The zero-order chi connectivity index (χ0) is 22.0. The van der Waals surface area contributed by atoms with E-state index in [9.17, 15) is 9.18 Å². The van der Waals surface area contributed by atoms with Gasteiger partial charge in [0.25, 0.3) is 0 Å². The zero-order valence-electron chi connectivity index (χ0n) is 17.3. The lowest BCUT2D eigenvalue weighted by Crippen LogP contribution is -2.30. The summed E-state index contributed by atoms with van der Waals surface area (Å²) in [6, 6.07) is 14.0. The van der Waals surface area contributed by atoms with Gasteiger partial charge in [-0.3, -0.25) is 9.79 Å². The Morgan fingerprint density at radius 3 is 2.81 bits per heavy atom. The van der Waals surface area contributed by atoms with Gasteiger partial charge in [0, 0.05) is 22.6 Å². The van der Waals surface area contributed by atoms with Crippen LogP contribution in [-0.4, -0.2) is 21.8 Å². The van der Waals surface area contributed by atoms with E-state index in [0.29, 0.717) is 40.2 Å². The molecule has 6 nitrogen and oxygen atoms in total. The van der Waals surface area contributed by atoms with Crippen LogP contribution in [0.15, 0.2) is 57.9 Å². The molecule has 0 spiro atoms. The molecule has 1 atom stereocenters. The molecule has 1 aromatic heterocycles. The topological polar surface area (TPSA) is 93.5 Å². The van der Waals surface area contributed by atoms with Crippen LogP contribution in [0.5, 0.6) is 0 Å². The lowest BCUT2D eigenvalue weighted by atomic mass is 9.89. The SMILES string of the molecule is Cc1oc(-c2ccccc2)nc1CC(=O)Nc1ccc(F)c(C2(C)CCSC(N)=N2)c1. The van der Waals surface area contributed by atoms with Crippen LogP contribution in [-0.2, 0) is 16.8 Å². The molecule has 0 bridgehead atoms. The number of nitrogens with one attached hydrogen (secondary N) is 1. The molecule has 160 valence electrons. The molecular formula is C23H23FN4O2S. The first-order valence-corrected chi connectivity index (χ1v) is 10.9. The van der Waals surface area contributed by atoms with Gasteiger partial charge in [-0.1, -0.05) is 30.0 Å². The molecule has 4 rings (SSSR count). The Labute approximate surface area is 184 Å². The minimum atomic E-state index is -0.757. The first kappa shape index (κ1) is 21.1. The standard InChI is InChI=1S/C23H23FN4O2S/c1-14-19(27-21(30-14)15-6-4-3-5-7-15)13-20(29)26-16-8-9-18(24)17(12-16)23(2)10-11-31-22(25)28-23/h3-9,12H,10-11,13H2,1-2H3,(H2,25,28)(H,26,29). The van der Waals surface area contributed by atoms with Crippen molar-refractivity contribution in [2.75, 3.05) is 11.1 Å². The number of amidine groups is 1. The summed E-state index contributed by atoms with van der Waals surface area (Å²) >= 11 is 1.46. The van der Waals surface area contributed by atoms with Crippen molar-refractivity contribution in [3.05, 3.63) is 71.4 Å². The minimum Gasteiger partial charge on any atom is -0.441 e. The largest absolute Gasteiger partial charge is 0.441 e. The van der Waals surface area contributed by atoms with Crippen molar-refractivity contribution >= 4 is 28.5 Å². The molecule has 2 aromatic carbocycles. The number of aryl methyl sites for hydroxylation is 1. The van der Waals surface area contributed by atoms with E-state index < -0.39 is 5.54 Å². The van der Waals surface area contributed by atoms with Crippen molar-refractivity contribution in [1.29, 1.82) is 0 Å². The van der Waals surface area contributed by atoms with Gasteiger partial charge in [0.05, 0.1) is 17.7 Å². The number of oxazole rings is 1. The number of aliphatic imine (C=N–C) groups is 1. The van der Waals surface area contributed by atoms with Gasteiger partial charge in [-0.05, 0) is 50.6 Å². The third kappa shape index (κ3) is 4.64. The second-order valence-electron chi connectivity index (χ2n) is 7.63. The highest BCUT2D eigenvalue weighted by molar-refractivity contribution is 8.13. The van der Waals surface area contributed by atoms with Crippen LogP contribution in [0.4, 0.5) is 10.1 Å². The van der Waals surface area contributed by atoms with Crippen molar-refractivity contribution in [1.82, 2.24) is 4.98 Å². The number of rotatable bonds is 5. The molecule has 0 saturated heterocycles. The summed E-state index contributed by atoms with van der Waals surface area (Å²) in [5.74, 6) is 1.19. The minimum absolute atomic E-state index is 0.0495. The molecule has 1 unspecified atom stereocenters. The Bertz CT molecular complexity index is 1150. The van der Waals surface area contributed by atoms with Gasteiger partial charge in [-0.15, -0.1) is 0 Å². The number of thioether (sulfide) groups is 1. The number of nitrogens with two attached hydrogens (primary N) is 1. The van der Waals surface area contributed by atoms with Gasteiger partial charge >= 0.3 is 0 Å². The monoisotopic (exact) mass is 438 g/mol. The Balaban J connectivity index is 1.51. The van der Waals surface area contributed by atoms with E-state index in [1.54, 1.807) is 13.0 Å². The number of carbonyl (C=O) groups excluding carboxylic acids is 1. The van der Waals surface area contributed by atoms with Crippen LogP contribution in [0.3, 0.4) is 0 Å². The third-order valence-electron chi connectivity index (χ3n) is 5.27. The molecule has 3 aromatic rings. The van der Waals surface area contributed by atoms with Gasteiger partial charge in [-0.2, -0.15) is 0 Å². The van der Waals surface area contributed by atoms with Crippen LogP contribution in [0.25, 0.3) is 11.5 Å². The van der Waals surface area contributed by atoms with E-state index in [4.69, 9.17) is 10.2 Å². The van der Waals surface area contributed by atoms with Crippen molar-refractivity contribution in [3.63, 3.8) is 0 Å². The summed E-state index contributed by atoms with van der Waals surface area (Å²) in [6.07, 6.45) is 0.709. The van der Waals surface area contributed by atoms with E-state index in [0.717, 1.165) is 11.3 Å². The normalized spacial score (nSPS) is 18.5. The first-order valence-electron chi connectivity index (χ1n) is 9.94. The maximum Gasteiger partial charge on any atom is 0.230 e. The van der Waals surface area contributed by atoms with Crippen LogP contribution in [0, 0.1) is 12.7 Å². The van der Waals surface area contributed by atoms with Crippen LogP contribution < -0.4 is 11.1 Å². The molecule has 0 aliphatic carbocycles. The predicted molar refractivity (Wildman–Crippen MR) is 121 cm³/mol. The molecule has 0 saturated carbocycles. The van der Waals surface area contributed by atoms with Crippen molar-refractivity contribution in [2.45, 2.75) is 32.2 Å². The highest BCUT2D eigenvalue weighted by Crippen LogP contribution is 2.37. The average molecular weight is 439 g/mol. The second-order valence-corrected chi connectivity index (χ2v) is 8.75. The van der Waals surface area contributed by atoms with Gasteiger partial charge in [0.2, 0.25) is 11.8 Å². The lowest BCUT2D eigenvalue weighted by Gasteiger charge is -2.30. The summed E-state index contributed by atoms with van der Waals surface area (Å²) < 4.78 is 20.3. The molecule has 8 heteroatoms. The fraction of sp³-hybridized carbons (Fsp3) is 0.261. The molecule has 1 aliphatic rings. The highest BCUT2D eigenvalue weighted by Gasteiger charge is 2.32. The number of nitrogens with zero attached hydrogens (tertiary/aromatic N) is 2. The quantitative estimate of drug-likeness (QED) is 0.605. The number of amides is 1. The van der Waals surface area contributed by atoms with Gasteiger partial charge in [0.1, 0.15) is 11.6 Å². The van der Waals surface area contributed by atoms with Crippen LogP contribution >= 0.6 is 11.8 Å². The number of carbonyl (C=O) groups is 1. The summed E-state index contributed by atoms with van der Waals surface area (Å²) in [7, 11) is 0. The fourth-order valence-electron chi connectivity index (χ4n) is 3.55. The Morgan fingerprint density at radius 2 is 2.06 bits per heavy atom. The van der Waals surface area contributed by atoms with Gasteiger partial charge in [0.15, 0.2) is 5.17 Å². The number of halogens is 1. The van der Waals surface area contributed by atoms with E-state index >= 15 is 0 Å². The van der Waals surface area contributed by atoms with Crippen LogP contribution in [0.2, 0.25) is 0 Å². The maximum absolute atomic E-state index is 14.6. The Morgan fingerprint density at radius 1 is 1.29 bits per heavy atom. The van der Waals surface area contributed by atoms with E-state index in [2.05, 4.69) is 15.3 Å². The number of anilines is 1. The number of hydrogen-bond acceptors (Lipinski definition) is 6. The molecule has 1 amide bonds.